The lowest BCUT2D eigenvalue weighted by Crippen LogP contribution is -2.25. The number of thioether (sulfide) groups is 4. The Bertz CT molecular complexity index is 525. The van der Waals surface area contributed by atoms with Gasteiger partial charge in [-0.15, -0.1) is 0 Å². The van der Waals surface area contributed by atoms with Gasteiger partial charge in [0, 0.05) is 44.6 Å². The average Bonchev–Trinajstić information content (AvgIpc) is 2.54. The van der Waals surface area contributed by atoms with Crippen molar-refractivity contribution in [3.63, 3.8) is 0 Å². The summed E-state index contributed by atoms with van der Waals surface area (Å²) in [5, 5.41) is 1.29. The Labute approximate surface area is 149 Å². The van der Waals surface area contributed by atoms with Crippen molar-refractivity contribution < 1.29 is 9.59 Å². The van der Waals surface area contributed by atoms with Crippen LogP contribution in [0.15, 0.2) is 24.3 Å². The Balaban J connectivity index is 1.85. The third-order valence-corrected chi connectivity index (χ3v) is 8.74. The van der Waals surface area contributed by atoms with Crippen LogP contribution in [0.3, 0.4) is 0 Å². The molecule has 1 aromatic carbocycles. The standard InChI is InChI=1S/C16H20O2S4/c1-11(17)14-5-3-4-6-15(14)16(18)22-10-13-9-20-12(7-19-2)8-21-13/h3-6,12-13H,7-10H2,1-2H3. The highest BCUT2D eigenvalue weighted by Gasteiger charge is 2.23. The van der Waals surface area contributed by atoms with Crippen molar-refractivity contribution in [2.45, 2.75) is 17.4 Å². The summed E-state index contributed by atoms with van der Waals surface area (Å²) in [5.41, 5.74) is 1.08. The molecule has 2 atom stereocenters. The fourth-order valence-electron chi connectivity index (χ4n) is 2.18. The maximum atomic E-state index is 12.4. The lowest BCUT2D eigenvalue weighted by Gasteiger charge is -2.26. The number of rotatable bonds is 6. The van der Waals surface area contributed by atoms with Gasteiger partial charge in [0.1, 0.15) is 0 Å². The summed E-state index contributed by atoms with van der Waals surface area (Å²) < 4.78 is 0. The molecule has 0 spiro atoms. The lowest BCUT2D eigenvalue weighted by atomic mass is 10.1. The Morgan fingerprint density at radius 1 is 1.09 bits per heavy atom. The van der Waals surface area contributed by atoms with E-state index in [1.165, 1.54) is 30.2 Å². The summed E-state index contributed by atoms with van der Waals surface area (Å²) >= 11 is 7.27. The van der Waals surface area contributed by atoms with Gasteiger partial charge in [0.05, 0.1) is 0 Å². The number of ketones is 1. The highest BCUT2D eigenvalue weighted by Crippen LogP contribution is 2.33. The van der Waals surface area contributed by atoms with Gasteiger partial charge in [-0.2, -0.15) is 35.3 Å². The Morgan fingerprint density at radius 2 is 1.68 bits per heavy atom. The summed E-state index contributed by atoms with van der Waals surface area (Å²) in [6.45, 7) is 1.51. The molecule has 0 N–H and O–H groups in total. The van der Waals surface area contributed by atoms with E-state index in [0.717, 1.165) is 16.8 Å². The van der Waals surface area contributed by atoms with E-state index >= 15 is 0 Å². The largest absolute Gasteiger partial charge is 0.294 e. The van der Waals surface area contributed by atoms with E-state index in [2.05, 4.69) is 6.26 Å². The smallest absolute Gasteiger partial charge is 0.220 e. The zero-order chi connectivity index (χ0) is 15.9. The van der Waals surface area contributed by atoms with E-state index in [9.17, 15) is 9.59 Å². The van der Waals surface area contributed by atoms with Crippen molar-refractivity contribution in [1.29, 1.82) is 0 Å². The van der Waals surface area contributed by atoms with E-state index in [0.29, 0.717) is 16.4 Å². The maximum absolute atomic E-state index is 12.4. The average molecular weight is 373 g/mol. The third kappa shape index (κ3) is 5.25. The molecule has 1 heterocycles. The summed E-state index contributed by atoms with van der Waals surface area (Å²) in [6, 6.07) is 7.10. The molecule has 1 aliphatic heterocycles. The molecule has 1 saturated heterocycles. The van der Waals surface area contributed by atoms with Crippen LogP contribution in [0.1, 0.15) is 27.6 Å². The Morgan fingerprint density at radius 3 is 2.23 bits per heavy atom. The first-order valence-corrected chi connectivity index (χ1v) is 11.6. The van der Waals surface area contributed by atoms with Crippen LogP contribution in [0, 0.1) is 0 Å². The van der Waals surface area contributed by atoms with E-state index in [1.54, 1.807) is 18.2 Å². The van der Waals surface area contributed by atoms with Crippen molar-refractivity contribution >= 4 is 57.9 Å². The second kappa shape index (κ2) is 9.30. The van der Waals surface area contributed by atoms with Crippen LogP contribution in [-0.4, -0.2) is 50.7 Å². The molecular weight excluding hydrogens is 352 g/mol. The summed E-state index contributed by atoms with van der Waals surface area (Å²) in [5.74, 6) is 4.28. The number of hydrogen-bond acceptors (Lipinski definition) is 6. The second-order valence-electron chi connectivity index (χ2n) is 5.07. The number of benzene rings is 1. The minimum absolute atomic E-state index is 0.0163. The molecule has 6 heteroatoms. The van der Waals surface area contributed by atoms with Crippen LogP contribution in [0.25, 0.3) is 0 Å². The molecule has 0 radical (unpaired) electrons. The summed E-state index contributed by atoms with van der Waals surface area (Å²) in [6.07, 6.45) is 2.15. The molecule has 0 aliphatic carbocycles. The fraction of sp³-hybridized carbons (Fsp3) is 0.500. The Kier molecular flexibility index (Phi) is 7.74. The van der Waals surface area contributed by atoms with Gasteiger partial charge in [0.15, 0.2) is 5.78 Å². The highest BCUT2D eigenvalue weighted by atomic mass is 32.2. The van der Waals surface area contributed by atoms with Crippen LogP contribution >= 0.6 is 47.0 Å². The molecule has 1 fully saturated rings. The van der Waals surface area contributed by atoms with E-state index in [4.69, 9.17) is 0 Å². The van der Waals surface area contributed by atoms with Crippen LogP contribution in [0.2, 0.25) is 0 Å². The van der Waals surface area contributed by atoms with Crippen LogP contribution in [0.4, 0.5) is 0 Å². The minimum Gasteiger partial charge on any atom is -0.294 e. The molecule has 0 saturated carbocycles. The minimum atomic E-state index is -0.0490. The van der Waals surface area contributed by atoms with Gasteiger partial charge < -0.3 is 0 Å². The Hall–Kier alpha value is -0.0400. The van der Waals surface area contributed by atoms with E-state index < -0.39 is 0 Å². The lowest BCUT2D eigenvalue weighted by molar-refractivity contribution is 0.100. The number of carbonyl (C=O) groups is 2. The summed E-state index contributed by atoms with van der Waals surface area (Å²) in [4.78, 5) is 24.0. The predicted octanol–water partition coefficient (Wildman–Crippen LogP) is 4.34. The second-order valence-corrected chi connectivity index (χ2v) is 9.64. The van der Waals surface area contributed by atoms with Crippen molar-refractivity contribution in [3.8, 4) is 0 Å². The number of hydrogen-bond donors (Lipinski definition) is 0. The highest BCUT2D eigenvalue weighted by molar-refractivity contribution is 8.15. The molecule has 1 aromatic rings. The van der Waals surface area contributed by atoms with E-state index in [-0.39, 0.29) is 10.9 Å². The van der Waals surface area contributed by atoms with Gasteiger partial charge >= 0.3 is 0 Å². The zero-order valence-corrected chi connectivity index (χ0v) is 16.0. The predicted molar refractivity (Wildman–Crippen MR) is 104 cm³/mol. The zero-order valence-electron chi connectivity index (χ0n) is 12.7. The van der Waals surface area contributed by atoms with E-state index in [1.807, 2.05) is 41.4 Å². The van der Waals surface area contributed by atoms with Gasteiger partial charge in [-0.25, -0.2) is 0 Å². The topological polar surface area (TPSA) is 34.1 Å². The van der Waals surface area contributed by atoms with Gasteiger partial charge in [-0.1, -0.05) is 30.0 Å². The molecule has 0 amide bonds. The molecule has 2 unspecified atom stereocenters. The van der Waals surface area contributed by atoms with Crippen LogP contribution in [0.5, 0.6) is 0 Å². The molecule has 120 valence electrons. The molecule has 1 aliphatic rings. The van der Waals surface area contributed by atoms with Crippen molar-refractivity contribution in [2.24, 2.45) is 0 Å². The molecule has 0 aromatic heterocycles. The first-order valence-electron chi connectivity index (χ1n) is 7.11. The van der Waals surface area contributed by atoms with Crippen molar-refractivity contribution in [3.05, 3.63) is 35.4 Å². The number of Topliss-reactive ketones (excluding diaryl/α,β-unsaturated/α-hetero) is 1. The van der Waals surface area contributed by atoms with Crippen LogP contribution in [-0.2, 0) is 0 Å². The monoisotopic (exact) mass is 372 g/mol. The fourth-order valence-corrected chi connectivity index (χ4v) is 7.59. The van der Waals surface area contributed by atoms with Gasteiger partial charge in [0.25, 0.3) is 0 Å². The molecular formula is C16H20O2S4. The normalized spacial score (nSPS) is 21.5. The summed E-state index contributed by atoms with van der Waals surface area (Å²) in [7, 11) is 0. The number of carbonyl (C=O) groups excluding carboxylic acids is 2. The van der Waals surface area contributed by atoms with Crippen molar-refractivity contribution in [1.82, 2.24) is 0 Å². The van der Waals surface area contributed by atoms with Gasteiger partial charge in [-0.3, -0.25) is 9.59 Å². The van der Waals surface area contributed by atoms with Crippen molar-refractivity contribution in [2.75, 3.05) is 29.3 Å². The first kappa shape index (κ1) is 18.3. The molecule has 2 rings (SSSR count). The molecule has 22 heavy (non-hydrogen) atoms. The van der Waals surface area contributed by atoms with Crippen LogP contribution < -0.4 is 0 Å². The first-order chi connectivity index (χ1) is 10.6. The maximum Gasteiger partial charge on any atom is 0.220 e. The molecule has 0 bridgehead atoms. The quantitative estimate of drug-likeness (QED) is 0.691. The SMILES string of the molecule is CSCC1CSC(CSC(=O)c2ccccc2C(C)=O)CS1. The third-order valence-electron chi connectivity index (χ3n) is 3.31. The molecule has 2 nitrogen and oxygen atoms in total. The van der Waals surface area contributed by atoms with Gasteiger partial charge in [-0.05, 0) is 19.2 Å². The van der Waals surface area contributed by atoms with Gasteiger partial charge in [0.2, 0.25) is 5.12 Å².